The summed E-state index contributed by atoms with van der Waals surface area (Å²) < 4.78 is 28.5. The fraction of sp³-hybridized carbons (Fsp3) is 0.710. The average Bonchev–Trinajstić information content (AvgIpc) is 3.54. The van der Waals surface area contributed by atoms with Crippen molar-refractivity contribution in [3.05, 3.63) is 97.2 Å². The molecule has 462 valence electrons. The van der Waals surface area contributed by atoms with Crippen molar-refractivity contribution in [1.82, 2.24) is 0 Å². The molecule has 3 N–H and O–H groups in total. The van der Waals surface area contributed by atoms with Crippen molar-refractivity contribution < 1.29 is 58.2 Å². The third-order valence-electron chi connectivity index (χ3n) is 14.1. The Labute approximate surface area is 492 Å². The van der Waals surface area contributed by atoms with Crippen molar-refractivity contribution >= 4 is 23.9 Å². The number of unbranched alkanes of at least 4 members (excludes halogenated alkanes) is 24. The molecule has 1 saturated heterocycles. The van der Waals surface area contributed by atoms with E-state index >= 15 is 0 Å². The van der Waals surface area contributed by atoms with Gasteiger partial charge in [-0.25, -0.2) is 4.79 Å². The molecular formula is C69H114O12. The molecule has 12 heteroatoms. The molecule has 0 spiro atoms. The summed E-state index contributed by atoms with van der Waals surface area (Å²) in [5, 5.41) is 31.6. The van der Waals surface area contributed by atoms with Crippen LogP contribution in [0.4, 0.5) is 0 Å². The van der Waals surface area contributed by atoms with Gasteiger partial charge in [-0.3, -0.25) is 14.4 Å². The Bertz CT molecular complexity index is 1780. The number of carbonyl (C=O) groups excluding carboxylic acids is 3. The van der Waals surface area contributed by atoms with E-state index in [4.69, 9.17) is 23.7 Å². The third-order valence-corrected chi connectivity index (χ3v) is 14.1. The van der Waals surface area contributed by atoms with Crippen LogP contribution in [0, 0.1) is 0 Å². The van der Waals surface area contributed by atoms with Crippen LogP contribution in [0.5, 0.6) is 0 Å². The molecule has 0 aromatic rings. The quantitative estimate of drug-likeness (QED) is 0.0228. The van der Waals surface area contributed by atoms with Crippen LogP contribution >= 0.6 is 0 Å². The van der Waals surface area contributed by atoms with Gasteiger partial charge < -0.3 is 39.0 Å². The van der Waals surface area contributed by atoms with E-state index < -0.39 is 67.3 Å². The largest absolute Gasteiger partial charge is 0.479 e. The SMILES string of the molecule is CC/C=C\C/C=C\C/C=C\C/C=C\CCCCCCCCC(=O)OC1C(OCC(COC(=O)CCCCCCCCC/C=C\C/C=C\C/C=C\CC)OC(=O)CCCCCCC/C=C\CCCCCCCC)OC(C(=O)O)C(O)C1O. The highest BCUT2D eigenvalue weighted by molar-refractivity contribution is 5.74. The Hall–Kier alpha value is -4.36. The lowest BCUT2D eigenvalue weighted by molar-refractivity contribution is -0.301. The zero-order valence-electron chi connectivity index (χ0n) is 51.0. The normalized spacial score (nSPS) is 18.4. The Kier molecular flexibility index (Phi) is 51.7. The number of hydrogen-bond donors (Lipinski definition) is 3. The van der Waals surface area contributed by atoms with E-state index in [9.17, 15) is 34.5 Å². The molecule has 0 bridgehead atoms. The first-order chi connectivity index (χ1) is 39.6. The maximum atomic E-state index is 13.2. The summed E-state index contributed by atoms with van der Waals surface area (Å²) in [6, 6.07) is 0. The van der Waals surface area contributed by atoms with Crippen LogP contribution in [0.15, 0.2) is 97.2 Å². The fourth-order valence-corrected chi connectivity index (χ4v) is 9.25. The molecule has 12 nitrogen and oxygen atoms in total. The van der Waals surface area contributed by atoms with Crippen LogP contribution in [0.3, 0.4) is 0 Å². The number of aliphatic carboxylic acids is 1. The van der Waals surface area contributed by atoms with E-state index in [-0.39, 0.29) is 25.9 Å². The number of carboxylic acids is 1. The minimum Gasteiger partial charge on any atom is -0.479 e. The van der Waals surface area contributed by atoms with Crippen LogP contribution in [-0.4, -0.2) is 89.2 Å². The van der Waals surface area contributed by atoms with Crippen molar-refractivity contribution in [1.29, 1.82) is 0 Å². The lowest BCUT2D eigenvalue weighted by atomic mass is 9.98. The van der Waals surface area contributed by atoms with Gasteiger partial charge in [-0.2, -0.15) is 0 Å². The molecule has 6 atom stereocenters. The number of esters is 3. The Morgan fingerprint density at radius 3 is 1.20 bits per heavy atom. The monoisotopic (exact) mass is 1130 g/mol. The number of aliphatic hydroxyl groups excluding tert-OH is 2. The topological polar surface area (TPSA) is 175 Å². The third kappa shape index (κ3) is 45.8. The van der Waals surface area contributed by atoms with E-state index in [1.54, 1.807) is 0 Å². The van der Waals surface area contributed by atoms with Gasteiger partial charge in [0.15, 0.2) is 24.6 Å². The van der Waals surface area contributed by atoms with Gasteiger partial charge in [0.25, 0.3) is 0 Å². The van der Waals surface area contributed by atoms with Crippen LogP contribution in [0.25, 0.3) is 0 Å². The molecule has 1 aliphatic rings. The van der Waals surface area contributed by atoms with Gasteiger partial charge in [0.05, 0.1) is 6.61 Å². The Morgan fingerprint density at radius 2 is 0.778 bits per heavy atom. The highest BCUT2D eigenvalue weighted by Crippen LogP contribution is 2.26. The Morgan fingerprint density at radius 1 is 0.420 bits per heavy atom. The zero-order valence-corrected chi connectivity index (χ0v) is 51.0. The van der Waals surface area contributed by atoms with Crippen LogP contribution in [-0.2, 0) is 42.9 Å². The van der Waals surface area contributed by atoms with E-state index in [1.807, 2.05) is 0 Å². The van der Waals surface area contributed by atoms with Crippen molar-refractivity contribution in [2.24, 2.45) is 0 Å². The predicted molar refractivity (Wildman–Crippen MR) is 331 cm³/mol. The van der Waals surface area contributed by atoms with Gasteiger partial charge in [-0.05, 0) is 116 Å². The molecule has 0 radical (unpaired) electrons. The van der Waals surface area contributed by atoms with Crippen molar-refractivity contribution in [2.75, 3.05) is 13.2 Å². The van der Waals surface area contributed by atoms with Gasteiger partial charge in [-0.1, -0.05) is 227 Å². The number of carboxylic acid groups (broad SMARTS) is 1. The summed E-state index contributed by atoms with van der Waals surface area (Å²) in [7, 11) is 0. The van der Waals surface area contributed by atoms with E-state index in [0.717, 1.165) is 161 Å². The zero-order chi connectivity index (χ0) is 58.9. The molecule has 0 amide bonds. The first-order valence-corrected chi connectivity index (χ1v) is 32.2. The second kappa shape index (κ2) is 56.1. The molecule has 81 heavy (non-hydrogen) atoms. The second-order valence-corrected chi connectivity index (χ2v) is 21.6. The molecule has 1 heterocycles. The maximum Gasteiger partial charge on any atom is 0.335 e. The number of hydrogen-bond acceptors (Lipinski definition) is 11. The fourth-order valence-electron chi connectivity index (χ4n) is 9.25. The number of rotatable bonds is 54. The molecule has 0 aromatic heterocycles. The van der Waals surface area contributed by atoms with Crippen molar-refractivity contribution in [3.63, 3.8) is 0 Å². The number of ether oxygens (including phenoxy) is 5. The highest BCUT2D eigenvalue weighted by Gasteiger charge is 2.50. The van der Waals surface area contributed by atoms with E-state index in [2.05, 4.69) is 118 Å². The maximum absolute atomic E-state index is 13.2. The summed E-state index contributed by atoms with van der Waals surface area (Å²) >= 11 is 0. The van der Waals surface area contributed by atoms with Crippen molar-refractivity contribution in [3.8, 4) is 0 Å². The molecule has 0 aliphatic carbocycles. The van der Waals surface area contributed by atoms with Crippen LogP contribution in [0.1, 0.15) is 265 Å². The average molecular weight is 1140 g/mol. The van der Waals surface area contributed by atoms with Crippen LogP contribution < -0.4 is 0 Å². The summed E-state index contributed by atoms with van der Waals surface area (Å²) in [6.45, 7) is 5.76. The van der Waals surface area contributed by atoms with E-state index in [1.165, 1.54) is 44.9 Å². The van der Waals surface area contributed by atoms with Gasteiger partial charge in [0.2, 0.25) is 0 Å². The molecule has 1 rings (SSSR count). The molecular weight excluding hydrogens is 1020 g/mol. The standard InChI is InChI=1S/C69H114O12/c1-4-7-10-13-16-19-22-25-28-30-31-33-36-39-42-45-48-51-54-57-63(72)80-67-65(74)64(73)66(68(75)76)81-69(67)78-59-60(79-62(71)56-53-50-47-44-41-38-34-27-24-21-18-15-12-9-6-3)58-77-61(70)55-52-49-46-43-40-37-35-32-29-26-23-20-17-14-11-8-5-2/h7-8,10-11,16-17,19-20,25-29,31,33-34,60,64-67,69,73-74H,4-6,9,12-15,18,21-24,30,32,35-59H2,1-3H3,(H,75,76)/b10-7-,11-8-,19-16-,20-17-,28-25-,29-26-,33-31-,34-27-. The molecule has 0 saturated carbocycles. The predicted octanol–water partition coefficient (Wildman–Crippen LogP) is 17.2. The summed E-state index contributed by atoms with van der Waals surface area (Å²) in [5.41, 5.74) is 0. The first-order valence-electron chi connectivity index (χ1n) is 32.2. The minimum atomic E-state index is -1.92. The smallest absolute Gasteiger partial charge is 0.335 e. The first kappa shape index (κ1) is 74.7. The summed E-state index contributed by atoms with van der Waals surface area (Å²) in [5.74, 6) is -3.16. The van der Waals surface area contributed by atoms with Gasteiger partial charge in [-0.15, -0.1) is 0 Å². The van der Waals surface area contributed by atoms with Crippen LogP contribution in [0.2, 0.25) is 0 Å². The molecule has 6 unspecified atom stereocenters. The summed E-state index contributed by atoms with van der Waals surface area (Å²) in [4.78, 5) is 51.3. The molecule has 1 aliphatic heterocycles. The van der Waals surface area contributed by atoms with Gasteiger partial charge in [0.1, 0.15) is 18.8 Å². The lowest BCUT2D eigenvalue weighted by Crippen LogP contribution is -2.61. The minimum absolute atomic E-state index is 0.0388. The van der Waals surface area contributed by atoms with Gasteiger partial charge in [0, 0.05) is 19.3 Å². The van der Waals surface area contributed by atoms with Gasteiger partial charge >= 0.3 is 23.9 Å². The second-order valence-electron chi connectivity index (χ2n) is 21.6. The number of carbonyl (C=O) groups is 4. The highest BCUT2D eigenvalue weighted by atomic mass is 16.7. The summed E-state index contributed by atoms with van der Waals surface area (Å²) in [6.07, 6.45) is 62.1. The molecule has 1 fully saturated rings. The molecule has 0 aromatic carbocycles. The Balaban J connectivity index is 2.68. The number of aliphatic hydroxyl groups is 2. The lowest BCUT2D eigenvalue weighted by Gasteiger charge is -2.40. The number of allylic oxidation sites excluding steroid dienone is 16. The van der Waals surface area contributed by atoms with Crippen molar-refractivity contribution in [2.45, 2.75) is 302 Å². The van der Waals surface area contributed by atoms with E-state index in [0.29, 0.717) is 19.3 Å².